The van der Waals surface area contributed by atoms with E-state index in [1.165, 1.54) is 29.3 Å². The zero-order valence-electron chi connectivity index (χ0n) is 15.9. The van der Waals surface area contributed by atoms with Gasteiger partial charge in [0.25, 0.3) is 0 Å². The van der Waals surface area contributed by atoms with Crippen LogP contribution in [0.1, 0.15) is 49.3 Å². The number of aromatic nitrogens is 4. The van der Waals surface area contributed by atoms with Gasteiger partial charge in [0.15, 0.2) is 0 Å². The van der Waals surface area contributed by atoms with E-state index in [1.54, 1.807) is 0 Å². The molecule has 1 aromatic carbocycles. The fraction of sp³-hybridized carbons (Fsp3) is 0.600. The van der Waals surface area contributed by atoms with E-state index >= 15 is 0 Å². The second kappa shape index (κ2) is 8.42. The van der Waals surface area contributed by atoms with Gasteiger partial charge in [0, 0.05) is 13.1 Å². The smallest absolute Gasteiger partial charge is 0.233 e. The molecule has 1 aliphatic carbocycles. The molecule has 0 unspecified atom stereocenters. The lowest BCUT2D eigenvalue weighted by Crippen LogP contribution is -2.39. The number of thioether (sulfide) groups is 1. The molecule has 0 radical (unpaired) electrons. The first-order valence-corrected chi connectivity index (χ1v) is 10.9. The second-order valence-corrected chi connectivity index (χ2v) is 8.72. The number of likely N-dealkylation sites (tertiary alicyclic amines) is 1. The molecule has 0 N–H and O–H groups in total. The van der Waals surface area contributed by atoms with E-state index in [4.69, 9.17) is 0 Å². The zero-order chi connectivity index (χ0) is 18.6. The molecule has 4 rings (SSSR count). The normalized spacial score (nSPS) is 18.0. The van der Waals surface area contributed by atoms with Gasteiger partial charge in [-0.25, -0.2) is 4.68 Å². The summed E-state index contributed by atoms with van der Waals surface area (Å²) in [6, 6.07) is 9.30. The van der Waals surface area contributed by atoms with Crippen LogP contribution in [0.25, 0.3) is 0 Å². The summed E-state index contributed by atoms with van der Waals surface area (Å²) in [5.74, 6) is 1.37. The summed E-state index contributed by atoms with van der Waals surface area (Å²) in [4.78, 5) is 14.5. The molecule has 6 nitrogen and oxygen atoms in total. The Hall–Kier alpha value is -1.89. The third-order valence-electron chi connectivity index (χ3n) is 5.61. The van der Waals surface area contributed by atoms with Crippen molar-refractivity contribution in [1.29, 1.82) is 0 Å². The highest BCUT2D eigenvalue weighted by molar-refractivity contribution is 7.99. The number of benzene rings is 1. The molecule has 2 aromatic rings. The summed E-state index contributed by atoms with van der Waals surface area (Å²) in [6.07, 6.45) is 6.87. The monoisotopic (exact) mass is 385 g/mol. The van der Waals surface area contributed by atoms with Gasteiger partial charge in [-0.1, -0.05) is 41.6 Å². The van der Waals surface area contributed by atoms with Gasteiger partial charge < -0.3 is 4.90 Å². The Morgan fingerprint density at radius 1 is 1.15 bits per heavy atom. The Kier molecular flexibility index (Phi) is 5.76. The molecule has 1 saturated carbocycles. The predicted molar refractivity (Wildman–Crippen MR) is 106 cm³/mol. The molecule has 1 aromatic heterocycles. The van der Waals surface area contributed by atoms with E-state index in [2.05, 4.69) is 46.7 Å². The van der Waals surface area contributed by atoms with Crippen LogP contribution in [0.3, 0.4) is 0 Å². The van der Waals surface area contributed by atoms with Crippen molar-refractivity contribution < 1.29 is 4.79 Å². The Bertz CT molecular complexity index is 763. The highest BCUT2D eigenvalue weighted by atomic mass is 32.2. The minimum atomic E-state index is 0.210. The van der Waals surface area contributed by atoms with Crippen molar-refractivity contribution in [2.75, 3.05) is 18.8 Å². The van der Waals surface area contributed by atoms with Gasteiger partial charge in [-0.05, 0) is 67.4 Å². The Morgan fingerprint density at radius 2 is 1.89 bits per heavy atom. The lowest BCUT2D eigenvalue weighted by Gasteiger charge is -2.32. The maximum Gasteiger partial charge on any atom is 0.233 e. The minimum absolute atomic E-state index is 0.210. The number of hydrogen-bond acceptors (Lipinski definition) is 5. The van der Waals surface area contributed by atoms with Crippen LogP contribution in [0.5, 0.6) is 0 Å². The third kappa shape index (κ3) is 4.89. The average molecular weight is 386 g/mol. The van der Waals surface area contributed by atoms with Crippen LogP contribution >= 0.6 is 11.8 Å². The van der Waals surface area contributed by atoms with E-state index < -0.39 is 0 Å². The molecule has 1 amide bonds. The Morgan fingerprint density at radius 3 is 2.59 bits per heavy atom. The molecule has 2 heterocycles. The van der Waals surface area contributed by atoms with Crippen molar-refractivity contribution in [2.24, 2.45) is 5.92 Å². The van der Waals surface area contributed by atoms with Crippen molar-refractivity contribution in [2.45, 2.75) is 56.6 Å². The van der Waals surface area contributed by atoms with E-state index in [0.29, 0.717) is 11.8 Å². The number of tetrazole rings is 1. The lowest BCUT2D eigenvalue weighted by atomic mass is 9.90. The standard InChI is InChI=1S/C20H27N5OS/c1-15-2-4-16(5-3-15)6-7-17-10-12-24(13-11-17)19(26)14-27-20-21-22-23-25(20)18-8-9-18/h2-5,17-18H,6-14H2,1H3. The van der Waals surface area contributed by atoms with Gasteiger partial charge in [-0.15, -0.1) is 5.10 Å². The summed E-state index contributed by atoms with van der Waals surface area (Å²) in [7, 11) is 0. The number of piperidine rings is 1. The quantitative estimate of drug-likeness (QED) is 0.685. The lowest BCUT2D eigenvalue weighted by molar-refractivity contribution is -0.129. The van der Waals surface area contributed by atoms with Crippen LogP contribution in [0.2, 0.25) is 0 Å². The molecule has 0 spiro atoms. The molecule has 2 aliphatic rings. The number of carbonyl (C=O) groups is 1. The first-order chi connectivity index (χ1) is 13.2. The number of rotatable bonds is 7. The van der Waals surface area contributed by atoms with Crippen LogP contribution in [0, 0.1) is 12.8 Å². The number of carbonyl (C=O) groups excluding carboxylic acids is 1. The number of hydrogen-bond donors (Lipinski definition) is 0. The van der Waals surface area contributed by atoms with Crippen molar-refractivity contribution >= 4 is 17.7 Å². The van der Waals surface area contributed by atoms with E-state index in [9.17, 15) is 4.79 Å². The Balaban J connectivity index is 1.18. The minimum Gasteiger partial charge on any atom is -0.342 e. The van der Waals surface area contributed by atoms with Gasteiger partial charge in [0.05, 0.1) is 11.8 Å². The molecule has 2 fully saturated rings. The van der Waals surface area contributed by atoms with Crippen LogP contribution < -0.4 is 0 Å². The first kappa shape index (κ1) is 18.5. The van der Waals surface area contributed by atoms with Gasteiger partial charge in [-0.2, -0.15) is 0 Å². The summed E-state index contributed by atoms with van der Waals surface area (Å²) in [5.41, 5.74) is 2.73. The number of amides is 1. The zero-order valence-corrected chi connectivity index (χ0v) is 16.7. The summed E-state index contributed by atoms with van der Waals surface area (Å²) >= 11 is 1.47. The van der Waals surface area contributed by atoms with Gasteiger partial charge in [0.1, 0.15) is 0 Å². The number of aryl methyl sites for hydroxylation is 2. The molecule has 0 atom stereocenters. The fourth-order valence-corrected chi connectivity index (χ4v) is 4.49. The summed E-state index contributed by atoms with van der Waals surface area (Å²) < 4.78 is 1.87. The molecule has 7 heteroatoms. The molecule has 1 saturated heterocycles. The topological polar surface area (TPSA) is 63.9 Å². The first-order valence-electron chi connectivity index (χ1n) is 9.93. The van der Waals surface area contributed by atoms with Crippen LogP contribution in [-0.4, -0.2) is 49.9 Å². The van der Waals surface area contributed by atoms with E-state index in [0.717, 1.165) is 56.3 Å². The maximum absolute atomic E-state index is 12.5. The van der Waals surface area contributed by atoms with Gasteiger partial charge in [0.2, 0.25) is 11.1 Å². The number of nitrogens with zero attached hydrogens (tertiary/aromatic N) is 5. The van der Waals surface area contributed by atoms with Crippen LogP contribution in [-0.2, 0) is 11.2 Å². The third-order valence-corrected chi connectivity index (χ3v) is 6.53. The molecule has 27 heavy (non-hydrogen) atoms. The summed E-state index contributed by atoms with van der Waals surface area (Å²) in [6.45, 7) is 3.89. The highest BCUT2D eigenvalue weighted by Gasteiger charge is 2.29. The molecular weight excluding hydrogens is 358 g/mol. The summed E-state index contributed by atoms with van der Waals surface area (Å²) in [5, 5.41) is 12.6. The van der Waals surface area contributed by atoms with Crippen LogP contribution in [0.15, 0.2) is 29.4 Å². The molecular formula is C20H27N5OS. The average Bonchev–Trinajstić information content (AvgIpc) is 3.44. The maximum atomic E-state index is 12.5. The Labute approximate surface area is 164 Å². The van der Waals surface area contributed by atoms with E-state index in [-0.39, 0.29) is 5.91 Å². The highest BCUT2D eigenvalue weighted by Crippen LogP contribution is 2.36. The SMILES string of the molecule is Cc1ccc(CCC2CCN(C(=O)CSc3nnnn3C3CC3)CC2)cc1. The van der Waals surface area contributed by atoms with Crippen molar-refractivity contribution in [1.82, 2.24) is 25.1 Å². The fourth-order valence-electron chi connectivity index (χ4n) is 3.64. The van der Waals surface area contributed by atoms with E-state index in [1.807, 2.05) is 9.58 Å². The molecule has 0 bridgehead atoms. The van der Waals surface area contributed by atoms with Crippen LogP contribution in [0.4, 0.5) is 0 Å². The predicted octanol–water partition coefficient (Wildman–Crippen LogP) is 3.28. The van der Waals surface area contributed by atoms with Gasteiger partial charge in [-0.3, -0.25) is 4.79 Å². The van der Waals surface area contributed by atoms with Crippen molar-refractivity contribution in [3.05, 3.63) is 35.4 Å². The van der Waals surface area contributed by atoms with Crippen molar-refractivity contribution in [3.63, 3.8) is 0 Å². The molecule has 144 valence electrons. The van der Waals surface area contributed by atoms with Gasteiger partial charge >= 0.3 is 0 Å². The van der Waals surface area contributed by atoms with Crippen molar-refractivity contribution in [3.8, 4) is 0 Å². The largest absolute Gasteiger partial charge is 0.342 e. The second-order valence-electron chi connectivity index (χ2n) is 7.77. The molecule has 1 aliphatic heterocycles.